The summed E-state index contributed by atoms with van der Waals surface area (Å²) < 4.78 is 28.9. The van der Waals surface area contributed by atoms with Crippen LogP contribution in [0.4, 0.5) is 0 Å². The van der Waals surface area contributed by atoms with E-state index in [1.807, 2.05) is 0 Å². The van der Waals surface area contributed by atoms with Crippen molar-refractivity contribution in [2.75, 3.05) is 7.11 Å². The first kappa shape index (κ1) is 13.4. The van der Waals surface area contributed by atoms with Gasteiger partial charge in [0, 0.05) is 0 Å². The first-order chi connectivity index (χ1) is 8.04. The summed E-state index contributed by atoms with van der Waals surface area (Å²) in [6.45, 7) is 3.45. The van der Waals surface area contributed by atoms with Crippen LogP contribution < -0.4 is 0 Å². The molecule has 1 aromatic carbocycles. The maximum absolute atomic E-state index is 12.2. The number of hydrogen-bond donors (Lipinski definition) is 0. The molecule has 1 rings (SSSR count). The van der Waals surface area contributed by atoms with Crippen molar-refractivity contribution >= 4 is 15.8 Å². The molecular weight excluding hydrogens is 240 g/mol. The first-order valence-corrected chi connectivity index (χ1v) is 6.56. The molecule has 17 heavy (non-hydrogen) atoms. The van der Waals surface area contributed by atoms with Crippen LogP contribution in [0.5, 0.6) is 0 Å². The number of rotatable bonds is 5. The normalized spacial score (nSPS) is 12.8. The van der Waals surface area contributed by atoms with Gasteiger partial charge < -0.3 is 4.74 Å². The van der Waals surface area contributed by atoms with Crippen molar-refractivity contribution in [3.05, 3.63) is 43.0 Å². The van der Waals surface area contributed by atoms with Crippen LogP contribution in [0.3, 0.4) is 0 Å². The zero-order chi connectivity index (χ0) is 12.9. The first-order valence-electron chi connectivity index (χ1n) is 5.01. The van der Waals surface area contributed by atoms with Crippen molar-refractivity contribution in [1.29, 1.82) is 0 Å². The van der Waals surface area contributed by atoms with Gasteiger partial charge in [0.1, 0.15) is 0 Å². The van der Waals surface area contributed by atoms with Crippen LogP contribution in [0.1, 0.15) is 6.42 Å². The summed E-state index contributed by atoms with van der Waals surface area (Å²) in [7, 11) is -2.55. The zero-order valence-electron chi connectivity index (χ0n) is 9.50. The van der Waals surface area contributed by atoms with Gasteiger partial charge in [-0.05, 0) is 18.6 Å². The molecule has 5 heteroatoms. The van der Waals surface area contributed by atoms with Crippen molar-refractivity contribution < 1.29 is 17.9 Å². The van der Waals surface area contributed by atoms with E-state index < -0.39 is 21.1 Å². The smallest absolute Gasteiger partial charge is 0.324 e. The predicted molar refractivity (Wildman–Crippen MR) is 64.2 cm³/mol. The van der Waals surface area contributed by atoms with Crippen molar-refractivity contribution in [3.8, 4) is 0 Å². The Balaban J connectivity index is 3.18. The summed E-state index contributed by atoms with van der Waals surface area (Å²) in [4.78, 5) is 11.6. The van der Waals surface area contributed by atoms with E-state index in [0.717, 1.165) is 0 Å². The molecule has 0 saturated carbocycles. The summed E-state index contributed by atoms with van der Waals surface area (Å²) in [6.07, 6.45) is 1.42. The molecule has 0 saturated heterocycles. The van der Waals surface area contributed by atoms with E-state index >= 15 is 0 Å². The molecule has 0 amide bonds. The van der Waals surface area contributed by atoms with E-state index in [1.54, 1.807) is 18.2 Å². The van der Waals surface area contributed by atoms with Gasteiger partial charge in [0.25, 0.3) is 0 Å². The van der Waals surface area contributed by atoms with Gasteiger partial charge in [-0.15, -0.1) is 6.58 Å². The highest BCUT2D eigenvalue weighted by Gasteiger charge is 2.33. The second-order valence-corrected chi connectivity index (χ2v) is 5.52. The number of sulfone groups is 1. The maximum Gasteiger partial charge on any atom is 0.324 e. The Labute approximate surface area is 101 Å². The lowest BCUT2D eigenvalue weighted by molar-refractivity contribution is -0.140. The molecule has 0 N–H and O–H groups in total. The van der Waals surface area contributed by atoms with E-state index in [0.29, 0.717) is 0 Å². The average molecular weight is 254 g/mol. The fraction of sp³-hybridized carbons (Fsp3) is 0.250. The number of ether oxygens (including phenoxy) is 1. The maximum atomic E-state index is 12.2. The zero-order valence-corrected chi connectivity index (χ0v) is 10.3. The minimum absolute atomic E-state index is 0.0316. The number of benzene rings is 1. The Kier molecular flexibility index (Phi) is 4.45. The van der Waals surface area contributed by atoms with E-state index in [-0.39, 0.29) is 11.3 Å². The molecule has 0 aliphatic rings. The van der Waals surface area contributed by atoms with Crippen LogP contribution in [0.15, 0.2) is 47.9 Å². The van der Waals surface area contributed by atoms with Gasteiger partial charge in [-0.1, -0.05) is 24.3 Å². The van der Waals surface area contributed by atoms with Crippen LogP contribution >= 0.6 is 0 Å². The highest BCUT2D eigenvalue weighted by Crippen LogP contribution is 2.19. The summed E-state index contributed by atoms with van der Waals surface area (Å²) >= 11 is 0. The van der Waals surface area contributed by atoms with Crippen molar-refractivity contribution in [3.63, 3.8) is 0 Å². The van der Waals surface area contributed by atoms with E-state index in [1.165, 1.54) is 25.3 Å². The van der Waals surface area contributed by atoms with Crippen LogP contribution in [0, 0.1) is 0 Å². The van der Waals surface area contributed by atoms with E-state index in [9.17, 15) is 13.2 Å². The Morgan fingerprint density at radius 2 is 2.00 bits per heavy atom. The van der Waals surface area contributed by atoms with E-state index in [2.05, 4.69) is 11.3 Å². The number of esters is 1. The number of carbonyl (C=O) groups is 1. The second-order valence-electron chi connectivity index (χ2n) is 3.39. The summed E-state index contributed by atoms with van der Waals surface area (Å²) in [5.74, 6) is -0.770. The molecule has 0 aliphatic heterocycles. The molecular formula is C12H14O4S. The Morgan fingerprint density at radius 1 is 1.41 bits per heavy atom. The SMILES string of the molecule is C=CCC(C(=O)OC)S(=O)(=O)c1ccccc1. The van der Waals surface area contributed by atoms with Crippen LogP contribution in [-0.4, -0.2) is 26.7 Å². The third-order valence-electron chi connectivity index (χ3n) is 2.29. The minimum Gasteiger partial charge on any atom is -0.468 e. The molecule has 0 aromatic heterocycles. The average Bonchev–Trinajstić information content (AvgIpc) is 2.36. The molecule has 0 radical (unpaired) electrons. The quantitative estimate of drug-likeness (QED) is 0.591. The molecule has 4 nitrogen and oxygen atoms in total. The topological polar surface area (TPSA) is 60.4 Å². The standard InChI is InChI=1S/C12H14O4S/c1-3-7-11(12(13)16-2)17(14,15)10-8-5-4-6-9-10/h3-6,8-9,11H,1,7H2,2H3. The van der Waals surface area contributed by atoms with E-state index in [4.69, 9.17) is 0 Å². The summed E-state index contributed by atoms with van der Waals surface area (Å²) in [5.41, 5.74) is 0. The van der Waals surface area contributed by atoms with Crippen LogP contribution in [0.2, 0.25) is 0 Å². The Hall–Kier alpha value is -1.62. The highest BCUT2D eigenvalue weighted by molar-refractivity contribution is 7.92. The van der Waals surface area contributed by atoms with Gasteiger partial charge in [-0.3, -0.25) is 4.79 Å². The number of methoxy groups -OCH3 is 1. The molecule has 0 spiro atoms. The predicted octanol–water partition coefficient (Wildman–Crippen LogP) is 1.58. The third-order valence-corrected chi connectivity index (χ3v) is 4.35. The molecule has 0 aliphatic carbocycles. The molecule has 0 bridgehead atoms. The molecule has 0 fully saturated rings. The third kappa shape index (κ3) is 2.94. The largest absolute Gasteiger partial charge is 0.468 e. The lowest BCUT2D eigenvalue weighted by atomic mass is 10.3. The fourth-order valence-electron chi connectivity index (χ4n) is 1.41. The van der Waals surface area contributed by atoms with Crippen molar-refractivity contribution in [1.82, 2.24) is 0 Å². The second kappa shape index (κ2) is 5.63. The molecule has 1 aromatic rings. The van der Waals surface area contributed by atoms with Gasteiger partial charge in [-0.25, -0.2) is 8.42 Å². The molecule has 1 atom stereocenters. The molecule has 0 heterocycles. The van der Waals surface area contributed by atoms with Crippen molar-refractivity contribution in [2.24, 2.45) is 0 Å². The summed E-state index contributed by atoms with van der Waals surface area (Å²) in [6, 6.07) is 7.83. The van der Waals surface area contributed by atoms with Crippen molar-refractivity contribution in [2.45, 2.75) is 16.6 Å². The minimum atomic E-state index is -3.72. The highest BCUT2D eigenvalue weighted by atomic mass is 32.2. The van der Waals surface area contributed by atoms with Gasteiger partial charge in [0.15, 0.2) is 15.1 Å². The lowest BCUT2D eigenvalue weighted by Gasteiger charge is -2.13. The lowest BCUT2D eigenvalue weighted by Crippen LogP contribution is -2.31. The molecule has 92 valence electrons. The molecule has 1 unspecified atom stereocenters. The van der Waals surface area contributed by atoms with Gasteiger partial charge in [0.2, 0.25) is 0 Å². The van der Waals surface area contributed by atoms with Crippen LogP contribution in [0.25, 0.3) is 0 Å². The summed E-state index contributed by atoms with van der Waals surface area (Å²) in [5, 5.41) is -1.23. The monoisotopic (exact) mass is 254 g/mol. The van der Waals surface area contributed by atoms with Gasteiger partial charge >= 0.3 is 5.97 Å². The van der Waals surface area contributed by atoms with Gasteiger partial charge in [-0.2, -0.15) is 0 Å². The number of hydrogen-bond acceptors (Lipinski definition) is 4. The Morgan fingerprint density at radius 3 is 2.47 bits per heavy atom. The Bertz CT molecular complexity index is 490. The van der Waals surface area contributed by atoms with Crippen LogP contribution in [-0.2, 0) is 19.4 Å². The number of carbonyl (C=O) groups excluding carboxylic acids is 1. The fourth-order valence-corrected chi connectivity index (χ4v) is 3.01. The van der Waals surface area contributed by atoms with Gasteiger partial charge in [0.05, 0.1) is 12.0 Å². The number of allylic oxidation sites excluding steroid dienone is 1.